The van der Waals surface area contributed by atoms with Gasteiger partial charge in [-0.25, -0.2) is 4.98 Å². The fraction of sp³-hybridized carbons (Fsp3) is 0.353. The van der Waals surface area contributed by atoms with Crippen LogP contribution in [-0.4, -0.2) is 18.1 Å². The van der Waals surface area contributed by atoms with Gasteiger partial charge in [0.15, 0.2) is 0 Å². The summed E-state index contributed by atoms with van der Waals surface area (Å²) >= 11 is 0. The first-order valence-corrected chi connectivity index (χ1v) is 7.29. The molecule has 21 heavy (non-hydrogen) atoms. The average molecular weight is 286 g/mol. The molecule has 2 aromatic rings. The second-order valence-electron chi connectivity index (χ2n) is 4.93. The number of hydrogen-bond acceptors (Lipinski definition) is 4. The molecule has 0 saturated carbocycles. The van der Waals surface area contributed by atoms with E-state index in [0.29, 0.717) is 12.4 Å². The monoisotopic (exact) mass is 286 g/mol. The van der Waals surface area contributed by atoms with Crippen molar-refractivity contribution in [1.82, 2.24) is 4.98 Å². The molecule has 2 N–H and O–H groups in total. The van der Waals surface area contributed by atoms with Crippen molar-refractivity contribution < 1.29 is 9.47 Å². The highest BCUT2D eigenvalue weighted by molar-refractivity contribution is 5.36. The van der Waals surface area contributed by atoms with E-state index in [2.05, 4.69) is 18.0 Å². The van der Waals surface area contributed by atoms with E-state index in [4.69, 9.17) is 15.2 Å². The summed E-state index contributed by atoms with van der Waals surface area (Å²) in [5.74, 6) is 2.23. The molecule has 2 rings (SSSR count). The van der Waals surface area contributed by atoms with E-state index in [1.54, 1.807) is 0 Å². The Morgan fingerprint density at radius 3 is 2.48 bits per heavy atom. The number of aryl methyl sites for hydroxylation is 1. The maximum Gasteiger partial charge on any atom is 0.222 e. The molecular weight excluding hydrogens is 264 g/mol. The van der Waals surface area contributed by atoms with Crippen LogP contribution in [0.15, 0.2) is 36.5 Å². The molecule has 0 saturated heterocycles. The van der Waals surface area contributed by atoms with Gasteiger partial charge in [0.05, 0.1) is 6.61 Å². The summed E-state index contributed by atoms with van der Waals surface area (Å²) in [6.07, 6.45) is 3.64. The Hall–Kier alpha value is -2.07. The summed E-state index contributed by atoms with van der Waals surface area (Å²) in [6.45, 7) is 5.42. The number of hydrogen-bond donors (Lipinski definition) is 1. The van der Waals surface area contributed by atoms with Crippen LogP contribution in [-0.2, 0) is 6.42 Å². The summed E-state index contributed by atoms with van der Waals surface area (Å²) in [7, 11) is 0. The molecule has 0 unspecified atom stereocenters. The molecule has 0 radical (unpaired) electrons. The van der Waals surface area contributed by atoms with Crippen LogP contribution >= 0.6 is 0 Å². The van der Waals surface area contributed by atoms with Gasteiger partial charge in [-0.05, 0) is 62.2 Å². The lowest BCUT2D eigenvalue weighted by Gasteiger charge is -2.10. The van der Waals surface area contributed by atoms with Crippen molar-refractivity contribution in [3.63, 3.8) is 0 Å². The zero-order valence-electron chi connectivity index (χ0n) is 12.6. The van der Waals surface area contributed by atoms with Crippen LogP contribution < -0.4 is 15.2 Å². The summed E-state index contributed by atoms with van der Waals surface area (Å²) in [6, 6.07) is 9.65. The van der Waals surface area contributed by atoms with Gasteiger partial charge in [0.1, 0.15) is 11.5 Å². The molecule has 1 aromatic carbocycles. The van der Waals surface area contributed by atoms with Crippen LogP contribution in [0.2, 0.25) is 0 Å². The molecule has 4 nitrogen and oxygen atoms in total. The Bertz CT molecular complexity index is 568. The fourth-order valence-electron chi connectivity index (χ4n) is 1.97. The SMILES string of the molecule is CCCOc1ccc(Oc2ncc(CCN)cc2C)cc1. The molecule has 112 valence electrons. The molecule has 4 heteroatoms. The molecule has 0 aliphatic carbocycles. The predicted octanol–water partition coefficient (Wildman–Crippen LogP) is 3.47. The highest BCUT2D eigenvalue weighted by Crippen LogP contribution is 2.25. The molecule has 0 amide bonds. The number of benzene rings is 1. The first-order chi connectivity index (χ1) is 10.2. The number of aromatic nitrogens is 1. The minimum absolute atomic E-state index is 0.623. The third kappa shape index (κ3) is 4.46. The highest BCUT2D eigenvalue weighted by Gasteiger charge is 2.05. The normalized spacial score (nSPS) is 10.4. The average Bonchev–Trinajstić information content (AvgIpc) is 2.49. The number of nitrogens with zero attached hydrogens (tertiary/aromatic N) is 1. The van der Waals surface area contributed by atoms with Crippen LogP contribution in [0, 0.1) is 6.92 Å². The van der Waals surface area contributed by atoms with Crippen LogP contribution in [0.5, 0.6) is 17.4 Å². The van der Waals surface area contributed by atoms with E-state index < -0.39 is 0 Å². The summed E-state index contributed by atoms with van der Waals surface area (Å²) in [5.41, 5.74) is 7.69. The minimum atomic E-state index is 0.623. The quantitative estimate of drug-likeness (QED) is 0.846. The zero-order valence-corrected chi connectivity index (χ0v) is 12.6. The Kier molecular flexibility index (Phi) is 5.58. The van der Waals surface area contributed by atoms with Crippen LogP contribution in [0.4, 0.5) is 0 Å². The fourth-order valence-corrected chi connectivity index (χ4v) is 1.97. The van der Waals surface area contributed by atoms with Crippen LogP contribution in [0.3, 0.4) is 0 Å². The molecule has 0 aliphatic rings. The lowest BCUT2D eigenvalue weighted by Crippen LogP contribution is -2.03. The molecule has 1 aromatic heterocycles. The number of rotatable bonds is 7. The highest BCUT2D eigenvalue weighted by atomic mass is 16.5. The van der Waals surface area contributed by atoms with Crippen LogP contribution in [0.1, 0.15) is 24.5 Å². The Morgan fingerprint density at radius 2 is 1.86 bits per heavy atom. The first kappa shape index (κ1) is 15.3. The second-order valence-corrected chi connectivity index (χ2v) is 4.93. The maximum atomic E-state index is 5.80. The number of nitrogens with two attached hydrogens (primary N) is 1. The van der Waals surface area contributed by atoms with E-state index in [9.17, 15) is 0 Å². The molecule has 0 atom stereocenters. The van der Waals surface area contributed by atoms with Crippen molar-refractivity contribution in [2.45, 2.75) is 26.7 Å². The van der Waals surface area contributed by atoms with Gasteiger partial charge in [-0.3, -0.25) is 0 Å². The third-order valence-electron chi connectivity index (χ3n) is 3.03. The topological polar surface area (TPSA) is 57.4 Å². The van der Waals surface area contributed by atoms with E-state index in [0.717, 1.165) is 42.1 Å². The standard InChI is InChI=1S/C17H22N2O2/c1-3-10-20-15-4-6-16(7-5-15)21-17-13(2)11-14(8-9-18)12-19-17/h4-7,11-12H,3,8-10,18H2,1-2H3. The Balaban J connectivity index is 2.04. The largest absolute Gasteiger partial charge is 0.494 e. The van der Waals surface area contributed by atoms with E-state index in [1.807, 2.05) is 37.4 Å². The van der Waals surface area contributed by atoms with Crippen molar-refractivity contribution in [1.29, 1.82) is 0 Å². The van der Waals surface area contributed by atoms with Crippen molar-refractivity contribution >= 4 is 0 Å². The number of ether oxygens (including phenoxy) is 2. The molecule has 1 heterocycles. The number of pyridine rings is 1. The van der Waals surface area contributed by atoms with E-state index in [1.165, 1.54) is 0 Å². The van der Waals surface area contributed by atoms with Crippen molar-refractivity contribution in [3.8, 4) is 17.4 Å². The van der Waals surface area contributed by atoms with Gasteiger partial charge < -0.3 is 15.2 Å². The predicted molar refractivity (Wildman–Crippen MR) is 84.0 cm³/mol. The third-order valence-corrected chi connectivity index (χ3v) is 3.03. The summed E-state index contributed by atoms with van der Waals surface area (Å²) in [5, 5.41) is 0. The maximum absolute atomic E-state index is 5.80. The molecule has 0 spiro atoms. The molecule has 0 bridgehead atoms. The lowest BCUT2D eigenvalue weighted by atomic mass is 10.1. The lowest BCUT2D eigenvalue weighted by molar-refractivity contribution is 0.317. The van der Waals surface area contributed by atoms with Crippen molar-refractivity contribution in [3.05, 3.63) is 47.7 Å². The van der Waals surface area contributed by atoms with Gasteiger partial charge in [0, 0.05) is 11.8 Å². The van der Waals surface area contributed by atoms with Gasteiger partial charge in [-0.2, -0.15) is 0 Å². The molecule has 0 fully saturated rings. The second kappa shape index (κ2) is 7.64. The molecular formula is C17H22N2O2. The summed E-state index contributed by atoms with van der Waals surface area (Å²) < 4.78 is 11.3. The van der Waals surface area contributed by atoms with Crippen molar-refractivity contribution in [2.75, 3.05) is 13.2 Å². The van der Waals surface area contributed by atoms with Gasteiger partial charge in [0.2, 0.25) is 5.88 Å². The van der Waals surface area contributed by atoms with Gasteiger partial charge in [0.25, 0.3) is 0 Å². The Labute approximate surface area is 125 Å². The first-order valence-electron chi connectivity index (χ1n) is 7.29. The van der Waals surface area contributed by atoms with E-state index >= 15 is 0 Å². The smallest absolute Gasteiger partial charge is 0.222 e. The van der Waals surface area contributed by atoms with Crippen molar-refractivity contribution in [2.24, 2.45) is 5.73 Å². The van der Waals surface area contributed by atoms with E-state index in [-0.39, 0.29) is 0 Å². The molecule has 0 aliphatic heterocycles. The van der Waals surface area contributed by atoms with Crippen LogP contribution in [0.25, 0.3) is 0 Å². The summed E-state index contributed by atoms with van der Waals surface area (Å²) in [4.78, 5) is 4.36. The van der Waals surface area contributed by atoms with Gasteiger partial charge >= 0.3 is 0 Å². The minimum Gasteiger partial charge on any atom is -0.494 e. The Morgan fingerprint density at radius 1 is 1.14 bits per heavy atom. The van der Waals surface area contributed by atoms with Gasteiger partial charge in [-0.1, -0.05) is 6.92 Å². The zero-order chi connectivity index (χ0) is 15.1. The van der Waals surface area contributed by atoms with Gasteiger partial charge in [-0.15, -0.1) is 0 Å².